The fourth-order valence-corrected chi connectivity index (χ4v) is 5.84. The van der Waals surface area contributed by atoms with Gasteiger partial charge in [0.05, 0.1) is 12.1 Å². The summed E-state index contributed by atoms with van der Waals surface area (Å²) in [6.45, 7) is 7.87. The lowest BCUT2D eigenvalue weighted by atomic mass is 9.92. The highest BCUT2D eigenvalue weighted by atomic mass is 16.5. The molecule has 0 saturated heterocycles. The van der Waals surface area contributed by atoms with Crippen molar-refractivity contribution in [2.45, 2.75) is 71.2 Å². The molecule has 0 bridgehead atoms. The number of nitrogens with zero attached hydrogens (tertiary/aromatic N) is 1. The van der Waals surface area contributed by atoms with Crippen molar-refractivity contribution >= 4 is 17.8 Å². The van der Waals surface area contributed by atoms with Crippen LogP contribution in [0.2, 0.25) is 0 Å². The number of aliphatic hydroxyl groups is 1. The van der Waals surface area contributed by atoms with Crippen LogP contribution in [0.5, 0.6) is 5.75 Å². The topological polar surface area (TPSA) is 120 Å². The van der Waals surface area contributed by atoms with Gasteiger partial charge in [-0.15, -0.1) is 0 Å². The second-order valence-corrected chi connectivity index (χ2v) is 12.2. The molecule has 9 heteroatoms. The minimum atomic E-state index is -1.01. The molecule has 3 aromatic rings. The summed E-state index contributed by atoms with van der Waals surface area (Å²) in [5.74, 6) is -0.164. The standard InChI is InChI=1S/C37H46N4O5/c1-25(2)34(41-20-12-19-38-37(41)45)36(44)39-30(21-28-15-7-5-8-16-28)23-32(42)31(22-29-17-9-6-10-18-29)40-33(43)24-46-35-26(3)13-11-14-27(35)4/h5-18,20,25,30-32,34,42H,19,21-24H2,1-4H3,(H,38,45)(H,39,44)(H,40,43). The lowest BCUT2D eigenvalue weighted by Gasteiger charge is -2.34. The van der Waals surface area contributed by atoms with Gasteiger partial charge in [0.2, 0.25) is 5.91 Å². The van der Waals surface area contributed by atoms with Gasteiger partial charge in [-0.1, -0.05) is 92.7 Å². The molecule has 0 saturated carbocycles. The third-order valence-corrected chi connectivity index (χ3v) is 8.13. The van der Waals surface area contributed by atoms with Gasteiger partial charge in [0, 0.05) is 18.8 Å². The third kappa shape index (κ3) is 9.68. The fraction of sp³-hybridized carbons (Fsp3) is 0.378. The Balaban J connectivity index is 1.53. The van der Waals surface area contributed by atoms with E-state index in [4.69, 9.17) is 4.74 Å². The number of nitrogens with one attached hydrogen (secondary N) is 3. The van der Waals surface area contributed by atoms with Crippen LogP contribution in [0.1, 0.15) is 42.5 Å². The summed E-state index contributed by atoms with van der Waals surface area (Å²) in [6, 6.07) is 23.0. The smallest absolute Gasteiger partial charge is 0.322 e. The van der Waals surface area contributed by atoms with E-state index < -0.39 is 24.2 Å². The summed E-state index contributed by atoms with van der Waals surface area (Å²) in [4.78, 5) is 41.1. The number of urea groups is 1. The van der Waals surface area contributed by atoms with Gasteiger partial charge in [0.1, 0.15) is 11.8 Å². The Morgan fingerprint density at radius 3 is 2.09 bits per heavy atom. The van der Waals surface area contributed by atoms with Crippen molar-refractivity contribution in [3.05, 3.63) is 113 Å². The highest BCUT2D eigenvalue weighted by molar-refractivity contribution is 5.88. The summed E-state index contributed by atoms with van der Waals surface area (Å²) in [5, 5.41) is 20.6. The van der Waals surface area contributed by atoms with Gasteiger partial charge < -0.3 is 25.8 Å². The number of aryl methyl sites for hydroxylation is 2. The number of aliphatic hydroxyl groups excluding tert-OH is 1. The zero-order valence-electron chi connectivity index (χ0n) is 27.1. The minimum Gasteiger partial charge on any atom is -0.483 e. The van der Waals surface area contributed by atoms with E-state index >= 15 is 0 Å². The molecule has 244 valence electrons. The maximum absolute atomic E-state index is 13.8. The van der Waals surface area contributed by atoms with Gasteiger partial charge in [-0.2, -0.15) is 0 Å². The summed E-state index contributed by atoms with van der Waals surface area (Å²) in [5.41, 5.74) is 3.81. The maximum Gasteiger partial charge on any atom is 0.322 e. The predicted octanol–water partition coefficient (Wildman–Crippen LogP) is 4.45. The van der Waals surface area contributed by atoms with E-state index in [1.165, 1.54) is 4.90 Å². The zero-order valence-corrected chi connectivity index (χ0v) is 27.1. The molecule has 4 rings (SSSR count). The Hall–Kier alpha value is -4.63. The molecule has 4 unspecified atom stereocenters. The van der Waals surface area contributed by atoms with Crippen molar-refractivity contribution in [1.82, 2.24) is 20.9 Å². The van der Waals surface area contributed by atoms with Crippen LogP contribution < -0.4 is 20.7 Å². The lowest BCUT2D eigenvalue weighted by Crippen LogP contribution is -2.56. The summed E-state index contributed by atoms with van der Waals surface area (Å²) < 4.78 is 5.89. The van der Waals surface area contributed by atoms with Gasteiger partial charge in [0.15, 0.2) is 6.61 Å². The molecule has 46 heavy (non-hydrogen) atoms. The molecule has 9 nitrogen and oxygen atoms in total. The second kappa shape index (κ2) is 16.6. The molecule has 1 aliphatic heterocycles. The molecular formula is C37H46N4O5. The number of amides is 4. The number of hydrogen-bond donors (Lipinski definition) is 4. The van der Waals surface area contributed by atoms with E-state index in [-0.39, 0.29) is 36.8 Å². The van der Waals surface area contributed by atoms with Crippen LogP contribution in [0.15, 0.2) is 91.1 Å². The van der Waals surface area contributed by atoms with Crippen LogP contribution in [0.25, 0.3) is 0 Å². The van der Waals surface area contributed by atoms with Crippen LogP contribution in [-0.2, 0) is 22.4 Å². The van der Waals surface area contributed by atoms with Crippen LogP contribution in [0.3, 0.4) is 0 Å². The van der Waals surface area contributed by atoms with Gasteiger partial charge in [-0.05, 0) is 67.4 Å². The van der Waals surface area contributed by atoms with Crippen LogP contribution in [-0.4, -0.2) is 65.2 Å². The van der Waals surface area contributed by atoms with Crippen LogP contribution in [0.4, 0.5) is 4.79 Å². The average molecular weight is 627 g/mol. The van der Waals surface area contributed by atoms with E-state index in [1.807, 2.05) is 107 Å². The van der Waals surface area contributed by atoms with E-state index in [0.29, 0.717) is 25.1 Å². The Morgan fingerprint density at radius 2 is 1.50 bits per heavy atom. The second-order valence-electron chi connectivity index (χ2n) is 12.2. The largest absolute Gasteiger partial charge is 0.483 e. The quantitative estimate of drug-likeness (QED) is 0.199. The van der Waals surface area contributed by atoms with Gasteiger partial charge >= 0.3 is 6.03 Å². The van der Waals surface area contributed by atoms with E-state index in [2.05, 4.69) is 16.0 Å². The number of benzene rings is 3. The molecule has 4 amide bonds. The van der Waals surface area contributed by atoms with Crippen molar-refractivity contribution in [1.29, 1.82) is 0 Å². The first-order chi connectivity index (χ1) is 22.1. The Morgan fingerprint density at radius 1 is 0.891 bits per heavy atom. The van der Waals surface area contributed by atoms with Gasteiger partial charge in [-0.3, -0.25) is 14.5 Å². The first kappa shape index (κ1) is 34.2. The van der Waals surface area contributed by atoms with E-state index in [1.54, 1.807) is 12.3 Å². The Labute approximate surface area is 272 Å². The molecule has 0 fully saturated rings. The number of rotatable bonds is 15. The van der Waals surface area contributed by atoms with Crippen LogP contribution >= 0.6 is 0 Å². The first-order valence-electron chi connectivity index (χ1n) is 15.9. The van der Waals surface area contributed by atoms with Crippen molar-refractivity contribution in [3.8, 4) is 5.75 Å². The SMILES string of the molecule is Cc1cccc(C)c1OCC(=O)NC(Cc1ccccc1)C(O)CC(Cc1ccccc1)NC(=O)C(C(C)C)N1C=CCNC1=O. The average Bonchev–Trinajstić information content (AvgIpc) is 3.02. The maximum atomic E-state index is 13.8. The van der Waals surface area contributed by atoms with Crippen molar-refractivity contribution < 1.29 is 24.2 Å². The summed E-state index contributed by atoms with van der Waals surface area (Å²) >= 11 is 0. The van der Waals surface area contributed by atoms with E-state index in [9.17, 15) is 19.5 Å². The van der Waals surface area contributed by atoms with Crippen LogP contribution in [0, 0.1) is 19.8 Å². The molecule has 0 aromatic heterocycles. The molecule has 4 atom stereocenters. The molecule has 0 aliphatic carbocycles. The molecular weight excluding hydrogens is 580 g/mol. The number of ether oxygens (including phenoxy) is 1. The Kier molecular flexibility index (Phi) is 12.4. The number of carbonyl (C=O) groups is 3. The van der Waals surface area contributed by atoms with Gasteiger partial charge in [0.25, 0.3) is 5.91 Å². The number of carbonyl (C=O) groups excluding carboxylic acids is 3. The molecule has 0 radical (unpaired) electrons. The summed E-state index contributed by atoms with van der Waals surface area (Å²) in [6.07, 6.45) is 3.46. The fourth-order valence-electron chi connectivity index (χ4n) is 5.84. The highest BCUT2D eigenvalue weighted by Gasteiger charge is 2.34. The van der Waals surface area contributed by atoms with Crippen molar-refractivity contribution in [2.24, 2.45) is 5.92 Å². The summed E-state index contributed by atoms with van der Waals surface area (Å²) in [7, 11) is 0. The molecule has 1 heterocycles. The molecule has 1 aliphatic rings. The predicted molar refractivity (Wildman–Crippen MR) is 179 cm³/mol. The molecule has 3 aromatic carbocycles. The zero-order chi connectivity index (χ0) is 33.1. The molecule has 4 N–H and O–H groups in total. The third-order valence-electron chi connectivity index (χ3n) is 8.13. The monoisotopic (exact) mass is 626 g/mol. The van der Waals surface area contributed by atoms with Crippen molar-refractivity contribution in [2.75, 3.05) is 13.2 Å². The Bertz CT molecular complexity index is 1460. The highest BCUT2D eigenvalue weighted by Crippen LogP contribution is 2.22. The minimum absolute atomic E-state index is 0.169. The number of hydrogen-bond acceptors (Lipinski definition) is 5. The molecule has 0 spiro atoms. The van der Waals surface area contributed by atoms with Gasteiger partial charge in [-0.25, -0.2) is 4.79 Å². The lowest BCUT2D eigenvalue weighted by molar-refractivity contribution is -0.127. The first-order valence-corrected chi connectivity index (χ1v) is 15.9. The van der Waals surface area contributed by atoms with E-state index in [0.717, 1.165) is 22.3 Å². The normalized spacial score (nSPS) is 15.4. The van der Waals surface area contributed by atoms with Crippen molar-refractivity contribution in [3.63, 3.8) is 0 Å². The number of para-hydroxylation sites is 1.